The summed E-state index contributed by atoms with van der Waals surface area (Å²) in [4.78, 5) is 11.9. The quantitative estimate of drug-likeness (QED) is 0.880. The van der Waals surface area contributed by atoms with Crippen molar-refractivity contribution in [1.82, 2.24) is 0 Å². The van der Waals surface area contributed by atoms with Crippen LogP contribution in [-0.4, -0.2) is 11.0 Å². The van der Waals surface area contributed by atoms with Crippen molar-refractivity contribution in [2.24, 2.45) is 0 Å². The van der Waals surface area contributed by atoms with E-state index in [0.717, 1.165) is 11.6 Å². The molecule has 0 heterocycles. The second-order valence-electron chi connectivity index (χ2n) is 4.05. The summed E-state index contributed by atoms with van der Waals surface area (Å²) >= 11 is 5.93. The molecule has 0 bridgehead atoms. The fourth-order valence-electron chi connectivity index (χ4n) is 1.60. The van der Waals surface area contributed by atoms with Gasteiger partial charge in [0.15, 0.2) is 0 Å². The number of hydrogen-bond donors (Lipinski definition) is 2. The van der Waals surface area contributed by atoms with Crippen LogP contribution >= 0.6 is 11.6 Å². The molecule has 0 unspecified atom stereocenters. The minimum Gasteiger partial charge on any atom is -0.507 e. The molecule has 2 aromatic carbocycles. The zero-order valence-electron chi connectivity index (χ0n) is 10.1. The average Bonchev–Trinajstić information content (AvgIpc) is 2.33. The van der Waals surface area contributed by atoms with E-state index in [1.807, 2.05) is 6.92 Å². The molecule has 0 atom stereocenters. The van der Waals surface area contributed by atoms with Crippen molar-refractivity contribution in [1.29, 1.82) is 0 Å². The van der Waals surface area contributed by atoms with Crippen molar-refractivity contribution in [3.63, 3.8) is 0 Å². The highest BCUT2D eigenvalue weighted by Crippen LogP contribution is 2.23. The number of carbonyl (C=O) groups excluding carboxylic acids is 1. The molecule has 0 radical (unpaired) electrons. The summed E-state index contributed by atoms with van der Waals surface area (Å²) in [6.45, 7) is 1.83. The zero-order valence-corrected chi connectivity index (χ0v) is 10.8. The first-order chi connectivity index (χ1) is 8.99. The molecule has 2 aromatic rings. The Labute approximate surface area is 114 Å². The molecular weight excluding hydrogens is 269 g/mol. The number of phenols is 1. The van der Waals surface area contributed by atoms with Gasteiger partial charge in [0, 0.05) is 10.7 Å². The Morgan fingerprint density at radius 2 is 2.05 bits per heavy atom. The van der Waals surface area contributed by atoms with Crippen molar-refractivity contribution >= 4 is 23.2 Å². The first kappa shape index (κ1) is 13.4. The molecule has 0 saturated heterocycles. The molecule has 0 fully saturated rings. The summed E-state index contributed by atoms with van der Waals surface area (Å²) in [5.41, 5.74) is 0.913. The van der Waals surface area contributed by atoms with Gasteiger partial charge in [-0.2, -0.15) is 0 Å². The summed E-state index contributed by atoms with van der Waals surface area (Å²) in [6, 6.07) is 8.63. The Bertz CT molecular complexity index is 623. The number of rotatable bonds is 2. The molecule has 2 rings (SSSR count). The molecule has 0 saturated carbocycles. The lowest BCUT2D eigenvalue weighted by atomic mass is 10.1. The predicted octanol–water partition coefficient (Wildman–Crippen LogP) is 3.75. The van der Waals surface area contributed by atoms with Gasteiger partial charge in [-0.3, -0.25) is 4.79 Å². The number of aromatic hydroxyl groups is 1. The minimum atomic E-state index is -0.782. The van der Waals surface area contributed by atoms with Crippen LogP contribution in [0, 0.1) is 12.7 Å². The lowest BCUT2D eigenvalue weighted by Crippen LogP contribution is -2.14. The van der Waals surface area contributed by atoms with Crippen LogP contribution in [0.4, 0.5) is 10.1 Å². The van der Waals surface area contributed by atoms with Crippen LogP contribution in [0.15, 0.2) is 36.4 Å². The molecule has 1 amide bonds. The van der Waals surface area contributed by atoms with Gasteiger partial charge in [0.05, 0.1) is 0 Å². The summed E-state index contributed by atoms with van der Waals surface area (Å²) in [6.07, 6.45) is 0. The fraction of sp³-hybridized carbons (Fsp3) is 0.0714. The second-order valence-corrected chi connectivity index (χ2v) is 4.46. The highest BCUT2D eigenvalue weighted by Gasteiger charge is 2.16. The number of aryl methyl sites for hydroxylation is 1. The van der Waals surface area contributed by atoms with Crippen molar-refractivity contribution in [3.8, 4) is 5.75 Å². The van der Waals surface area contributed by atoms with Crippen LogP contribution in [0.25, 0.3) is 0 Å². The van der Waals surface area contributed by atoms with Gasteiger partial charge in [-0.25, -0.2) is 4.39 Å². The first-order valence-electron chi connectivity index (χ1n) is 5.54. The highest BCUT2D eigenvalue weighted by molar-refractivity contribution is 6.31. The van der Waals surface area contributed by atoms with E-state index in [2.05, 4.69) is 5.32 Å². The molecule has 0 aliphatic heterocycles. The van der Waals surface area contributed by atoms with Crippen molar-refractivity contribution in [2.45, 2.75) is 6.92 Å². The maximum Gasteiger partial charge on any atom is 0.262 e. The van der Waals surface area contributed by atoms with Gasteiger partial charge in [0.1, 0.15) is 17.1 Å². The summed E-state index contributed by atoms with van der Waals surface area (Å²) in [5.74, 6) is -1.91. The van der Waals surface area contributed by atoms with E-state index in [1.54, 1.807) is 18.2 Å². The lowest BCUT2D eigenvalue weighted by molar-refractivity contribution is 0.102. The van der Waals surface area contributed by atoms with Crippen LogP contribution in [0.1, 0.15) is 15.9 Å². The van der Waals surface area contributed by atoms with Crippen molar-refractivity contribution in [2.75, 3.05) is 5.32 Å². The largest absolute Gasteiger partial charge is 0.507 e. The monoisotopic (exact) mass is 279 g/mol. The van der Waals surface area contributed by atoms with Gasteiger partial charge in [0.25, 0.3) is 5.91 Å². The number of nitrogens with one attached hydrogen (secondary N) is 1. The maximum atomic E-state index is 13.5. The Kier molecular flexibility index (Phi) is 3.71. The molecule has 19 heavy (non-hydrogen) atoms. The number of hydrogen-bond acceptors (Lipinski definition) is 2. The predicted molar refractivity (Wildman–Crippen MR) is 72.2 cm³/mol. The number of phenolic OH excluding ortho intramolecular Hbond substituents is 1. The smallest absolute Gasteiger partial charge is 0.262 e. The van der Waals surface area contributed by atoms with Crippen LogP contribution in [0.3, 0.4) is 0 Å². The van der Waals surface area contributed by atoms with E-state index in [1.165, 1.54) is 12.1 Å². The third-order valence-electron chi connectivity index (χ3n) is 2.65. The molecule has 0 aliphatic carbocycles. The van der Waals surface area contributed by atoms with Gasteiger partial charge >= 0.3 is 0 Å². The molecular formula is C14H11ClFNO2. The SMILES string of the molecule is Cc1ccc(NC(=O)c2c(O)cccc2F)cc1Cl. The third kappa shape index (κ3) is 2.85. The average molecular weight is 280 g/mol. The molecule has 0 spiro atoms. The molecule has 3 nitrogen and oxygen atoms in total. The fourth-order valence-corrected chi connectivity index (χ4v) is 1.78. The summed E-state index contributed by atoms with van der Waals surface area (Å²) < 4.78 is 13.5. The van der Waals surface area contributed by atoms with E-state index in [0.29, 0.717) is 10.7 Å². The third-order valence-corrected chi connectivity index (χ3v) is 3.06. The van der Waals surface area contributed by atoms with Gasteiger partial charge < -0.3 is 10.4 Å². The van der Waals surface area contributed by atoms with E-state index in [9.17, 15) is 14.3 Å². The number of anilines is 1. The van der Waals surface area contributed by atoms with E-state index in [4.69, 9.17) is 11.6 Å². The topological polar surface area (TPSA) is 49.3 Å². The minimum absolute atomic E-state index is 0.390. The zero-order chi connectivity index (χ0) is 14.0. The molecule has 5 heteroatoms. The van der Waals surface area contributed by atoms with Crippen LogP contribution < -0.4 is 5.32 Å². The standard InChI is InChI=1S/C14H11ClFNO2/c1-8-5-6-9(7-10(8)15)17-14(19)13-11(16)3-2-4-12(13)18/h2-7,18H,1H3,(H,17,19). The normalized spacial score (nSPS) is 10.3. The van der Waals surface area contributed by atoms with Crippen molar-refractivity contribution < 1.29 is 14.3 Å². The number of benzene rings is 2. The number of halogens is 2. The molecule has 2 N–H and O–H groups in total. The van der Waals surface area contributed by atoms with Gasteiger partial charge in [0.2, 0.25) is 0 Å². The van der Waals surface area contributed by atoms with Crippen LogP contribution in [-0.2, 0) is 0 Å². The first-order valence-corrected chi connectivity index (χ1v) is 5.92. The maximum absolute atomic E-state index is 13.5. The molecule has 98 valence electrons. The number of amides is 1. The Balaban J connectivity index is 2.28. The Hall–Kier alpha value is -2.07. The van der Waals surface area contributed by atoms with Gasteiger partial charge in [-0.15, -0.1) is 0 Å². The second kappa shape index (κ2) is 5.28. The van der Waals surface area contributed by atoms with E-state index >= 15 is 0 Å². The van der Waals surface area contributed by atoms with Gasteiger partial charge in [-0.1, -0.05) is 23.7 Å². The summed E-state index contributed by atoms with van der Waals surface area (Å²) in [7, 11) is 0. The molecule has 0 aromatic heterocycles. The Morgan fingerprint density at radius 3 is 2.68 bits per heavy atom. The molecule has 0 aliphatic rings. The summed E-state index contributed by atoms with van der Waals surface area (Å²) in [5, 5.41) is 12.5. The van der Waals surface area contributed by atoms with Crippen LogP contribution in [0.5, 0.6) is 5.75 Å². The number of carbonyl (C=O) groups is 1. The van der Waals surface area contributed by atoms with E-state index in [-0.39, 0.29) is 5.56 Å². The van der Waals surface area contributed by atoms with Crippen LogP contribution in [0.2, 0.25) is 5.02 Å². The Morgan fingerprint density at radius 1 is 1.32 bits per heavy atom. The van der Waals surface area contributed by atoms with E-state index < -0.39 is 17.5 Å². The van der Waals surface area contributed by atoms with Gasteiger partial charge in [-0.05, 0) is 36.8 Å². The highest BCUT2D eigenvalue weighted by atomic mass is 35.5. The lowest BCUT2D eigenvalue weighted by Gasteiger charge is -2.08. The van der Waals surface area contributed by atoms with Crippen molar-refractivity contribution in [3.05, 3.63) is 58.4 Å².